The first kappa shape index (κ1) is 40.5. The van der Waals surface area contributed by atoms with Crippen LogP contribution in [0.15, 0.2) is 11.6 Å². The Balaban J connectivity index is 1.01. The number of ether oxygens (including phenoxy) is 5. The summed E-state index contributed by atoms with van der Waals surface area (Å²) >= 11 is 0. The zero-order chi connectivity index (χ0) is 39.6. The lowest BCUT2D eigenvalue weighted by Crippen LogP contribution is -2.64. The third-order valence-corrected chi connectivity index (χ3v) is 17.5. The standard InChI is InChI=1S/C41H64O14/c1-19-6-7-23(52-34(19)50)20(2)28-21(44)14-39(5)26-9-8-25-37(3,18-43)27(10-11-40(25)17-41(26,40)13-12-38(28,39)4)54-36-33(29(46)22(45)16-51-36)55-35-32(49)31(48)30(47)24(15-42)53-35/h6,20-33,35-36,42-49H,7-18H2,1-5H3. The highest BCUT2D eigenvalue weighted by atomic mass is 16.8. The molecule has 0 bridgehead atoms. The molecular formula is C41H64O14. The quantitative estimate of drug-likeness (QED) is 0.127. The van der Waals surface area contributed by atoms with Gasteiger partial charge in [0.2, 0.25) is 0 Å². The predicted molar refractivity (Wildman–Crippen MR) is 192 cm³/mol. The van der Waals surface area contributed by atoms with Crippen LogP contribution in [0.25, 0.3) is 0 Å². The molecule has 7 fully saturated rings. The number of carbonyl (C=O) groups is 1. The average molecular weight is 781 g/mol. The van der Waals surface area contributed by atoms with E-state index in [4.69, 9.17) is 23.7 Å². The highest BCUT2D eigenvalue weighted by Gasteiger charge is 2.83. The minimum absolute atomic E-state index is 0.00114. The summed E-state index contributed by atoms with van der Waals surface area (Å²) in [5.41, 5.74) is -0.218. The van der Waals surface area contributed by atoms with Crippen molar-refractivity contribution in [1.82, 2.24) is 0 Å². The van der Waals surface area contributed by atoms with E-state index in [2.05, 4.69) is 27.7 Å². The lowest BCUT2D eigenvalue weighted by atomic mass is 9.41. The maximum atomic E-state index is 12.5. The molecule has 2 spiro atoms. The van der Waals surface area contributed by atoms with Gasteiger partial charge in [-0.15, -0.1) is 0 Å². The van der Waals surface area contributed by atoms with E-state index >= 15 is 0 Å². The van der Waals surface area contributed by atoms with Gasteiger partial charge in [-0.2, -0.15) is 0 Å². The van der Waals surface area contributed by atoms with E-state index in [9.17, 15) is 45.6 Å². The highest BCUT2D eigenvalue weighted by Crippen LogP contribution is 2.89. The third kappa shape index (κ3) is 5.67. The van der Waals surface area contributed by atoms with E-state index in [1.165, 1.54) is 0 Å². The average Bonchev–Trinajstić information content (AvgIpc) is 3.77. The van der Waals surface area contributed by atoms with Crippen molar-refractivity contribution in [2.45, 2.75) is 166 Å². The molecule has 5 aliphatic carbocycles. The van der Waals surface area contributed by atoms with E-state index in [-0.39, 0.29) is 64.7 Å². The predicted octanol–water partition coefficient (Wildman–Crippen LogP) is 0.915. The normalized spacial score (nSPS) is 56.6. The second-order valence-electron chi connectivity index (χ2n) is 19.6. The third-order valence-electron chi connectivity index (χ3n) is 17.5. The summed E-state index contributed by atoms with van der Waals surface area (Å²) in [5, 5.41) is 85.8. The molecule has 0 amide bonds. The van der Waals surface area contributed by atoms with Crippen LogP contribution >= 0.6 is 0 Å². The molecule has 3 heterocycles. The van der Waals surface area contributed by atoms with Crippen LogP contribution in [0.1, 0.15) is 92.4 Å². The molecule has 8 N–H and O–H groups in total. The minimum atomic E-state index is -1.73. The minimum Gasteiger partial charge on any atom is -0.458 e. The second-order valence-corrected chi connectivity index (χ2v) is 19.6. The van der Waals surface area contributed by atoms with E-state index in [1.54, 1.807) is 6.92 Å². The number of esters is 1. The zero-order valence-electron chi connectivity index (χ0n) is 32.8. The van der Waals surface area contributed by atoms with E-state index in [0.29, 0.717) is 30.8 Å². The maximum Gasteiger partial charge on any atom is 0.333 e. The summed E-state index contributed by atoms with van der Waals surface area (Å²) in [6.07, 6.45) is -4.78. The molecule has 21 unspecified atom stereocenters. The van der Waals surface area contributed by atoms with Crippen LogP contribution < -0.4 is 0 Å². The smallest absolute Gasteiger partial charge is 0.333 e. The zero-order valence-corrected chi connectivity index (χ0v) is 32.8. The van der Waals surface area contributed by atoms with Crippen LogP contribution in [0.5, 0.6) is 0 Å². The van der Waals surface area contributed by atoms with Gasteiger partial charge in [0.25, 0.3) is 0 Å². The van der Waals surface area contributed by atoms with Gasteiger partial charge in [0.15, 0.2) is 12.6 Å². The molecule has 0 radical (unpaired) electrons. The molecule has 0 aromatic heterocycles. The molecule has 14 nitrogen and oxygen atoms in total. The van der Waals surface area contributed by atoms with Crippen molar-refractivity contribution in [3.63, 3.8) is 0 Å². The molecule has 14 heteroatoms. The first-order chi connectivity index (χ1) is 25.9. The van der Waals surface area contributed by atoms with Crippen LogP contribution in [-0.2, 0) is 28.5 Å². The van der Waals surface area contributed by atoms with Gasteiger partial charge in [-0.05, 0) is 104 Å². The van der Waals surface area contributed by atoms with Crippen molar-refractivity contribution < 1.29 is 69.3 Å². The summed E-state index contributed by atoms with van der Waals surface area (Å²) in [6.45, 7) is 9.76. The number of rotatable bonds is 8. The van der Waals surface area contributed by atoms with Crippen LogP contribution in [0.3, 0.4) is 0 Å². The van der Waals surface area contributed by atoms with Crippen molar-refractivity contribution in [3.8, 4) is 0 Å². The van der Waals surface area contributed by atoms with Gasteiger partial charge >= 0.3 is 5.97 Å². The largest absolute Gasteiger partial charge is 0.458 e. The maximum absolute atomic E-state index is 12.5. The number of fused-ring (bicyclic) bond motifs is 2. The van der Waals surface area contributed by atoms with E-state index < -0.39 is 79.5 Å². The van der Waals surface area contributed by atoms with Crippen molar-refractivity contribution in [2.75, 3.05) is 19.8 Å². The van der Waals surface area contributed by atoms with E-state index in [0.717, 1.165) is 38.5 Å². The number of hydrogen-bond acceptors (Lipinski definition) is 14. The Morgan fingerprint density at radius 3 is 2.24 bits per heavy atom. The number of aliphatic hydroxyl groups is 8. The van der Waals surface area contributed by atoms with Crippen molar-refractivity contribution in [1.29, 1.82) is 0 Å². The fourth-order valence-corrected chi connectivity index (χ4v) is 14.4. The van der Waals surface area contributed by atoms with Crippen LogP contribution in [0.2, 0.25) is 0 Å². The molecular weight excluding hydrogens is 716 g/mol. The van der Waals surface area contributed by atoms with E-state index in [1.807, 2.05) is 6.08 Å². The van der Waals surface area contributed by atoms with Crippen molar-refractivity contribution >= 4 is 5.97 Å². The molecule has 3 aliphatic heterocycles. The lowest BCUT2D eigenvalue weighted by molar-refractivity contribution is -0.367. The van der Waals surface area contributed by atoms with Gasteiger partial charge in [-0.25, -0.2) is 4.79 Å². The molecule has 312 valence electrons. The first-order valence-electron chi connectivity index (χ1n) is 20.7. The second kappa shape index (κ2) is 13.9. The van der Waals surface area contributed by atoms with Crippen LogP contribution in [-0.4, -0.2) is 140 Å². The molecule has 8 rings (SSSR count). The molecule has 21 atom stereocenters. The lowest BCUT2D eigenvalue weighted by Gasteiger charge is -2.63. The monoisotopic (exact) mass is 780 g/mol. The van der Waals surface area contributed by atoms with Crippen LogP contribution in [0.4, 0.5) is 0 Å². The van der Waals surface area contributed by atoms with Gasteiger partial charge in [0.1, 0.15) is 48.8 Å². The topological polar surface area (TPSA) is 225 Å². The number of hydrogen-bond donors (Lipinski definition) is 8. The highest BCUT2D eigenvalue weighted by molar-refractivity contribution is 5.88. The Kier molecular flexibility index (Phi) is 10.2. The number of cyclic esters (lactones) is 1. The van der Waals surface area contributed by atoms with Gasteiger partial charge in [0, 0.05) is 17.4 Å². The Labute approximate surface area is 323 Å². The van der Waals surface area contributed by atoms with Gasteiger partial charge < -0.3 is 64.5 Å². The number of aliphatic hydroxyl groups excluding tert-OH is 8. The molecule has 0 aromatic rings. The molecule has 8 aliphatic rings. The molecule has 0 aromatic carbocycles. The molecule has 5 saturated carbocycles. The van der Waals surface area contributed by atoms with Crippen molar-refractivity contribution in [2.24, 2.45) is 50.7 Å². The summed E-state index contributed by atoms with van der Waals surface area (Å²) in [4.78, 5) is 12.5. The molecule has 55 heavy (non-hydrogen) atoms. The first-order valence-corrected chi connectivity index (χ1v) is 20.7. The molecule has 2 saturated heterocycles. The number of carbonyl (C=O) groups excluding carboxylic acids is 1. The summed E-state index contributed by atoms with van der Waals surface area (Å²) in [7, 11) is 0. The summed E-state index contributed by atoms with van der Waals surface area (Å²) < 4.78 is 30.0. The fourth-order valence-electron chi connectivity index (χ4n) is 14.4. The summed E-state index contributed by atoms with van der Waals surface area (Å²) in [6, 6.07) is 0. The van der Waals surface area contributed by atoms with Crippen molar-refractivity contribution in [3.05, 3.63) is 11.6 Å². The SMILES string of the molecule is CC1=CCC(C(C)C2C(O)CC3(C)C4CCC5C(C)(CO)C(OC6OCC(O)C(O)C6OC6OC(CO)C(O)C(O)C6O)CCC56CC46CCC23C)OC1=O. The Hall–Kier alpha value is -1.27. The Bertz CT molecular complexity index is 1510. The van der Waals surface area contributed by atoms with Crippen LogP contribution in [0, 0.1) is 50.7 Å². The summed E-state index contributed by atoms with van der Waals surface area (Å²) in [5.74, 6) is 0.273. The fraction of sp³-hybridized carbons (Fsp3) is 0.927. The Morgan fingerprint density at radius 1 is 0.836 bits per heavy atom. The van der Waals surface area contributed by atoms with Gasteiger partial charge in [0.05, 0.1) is 32.0 Å². The van der Waals surface area contributed by atoms with Gasteiger partial charge in [-0.1, -0.05) is 33.8 Å². The van der Waals surface area contributed by atoms with Gasteiger partial charge in [-0.3, -0.25) is 0 Å². The Morgan fingerprint density at radius 2 is 1.55 bits per heavy atom.